The number of hydrogen-bond donors (Lipinski definition) is 0. The zero-order chi connectivity index (χ0) is 26.3. The van der Waals surface area contributed by atoms with E-state index < -0.39 is 19.6 Å². The Kier molecular flexibility index (Phi) is 9.28. The van der Waals surface area contributed by atoms with Gasteiger partial charge in [-0.1, -0.05) is 6.07 Å². The lowest BCUT2D eigenvalue weighted by atomic mass is 9.81. The van der Waals surface area contributed by atoms with Crippen molar-refractivity contribution in [1.29, 1.82) is 0 Å². The minimum absolute atomic E-state index is 0.0273. The van der Waals surface area contributed by atoms with Crippen molar-refractivity contribution >= 4 is 12.1 Å². The van der Waals surface area contributed by atoms with Gasteiger partial charge in [0.2, 0.25) is 11.8 Å². The first kappa shape index (κ1) is 27.2. The van der Waals surface area contributed by atoms with Crippen molar-refractivity contribution in [3.8, 4) is 5.88 Å². The minimum Gasteiger partial charge on any atom is -0.468 e. The maximum Gasteiger partial charge on any atom is 0.422 e. The summed E-state index contributed by atoms with van der Waals surface area (Å²) in [6.45, 7) is 0.681. The zero-order valence-corrected chi connectivity index (χ0v) is 20.8. The topological polar surface area (TPSA) is 72.6 Å². The average Bonchev–Trinajstić information content (AvgIpc) is 3.23. The highest BCUT2D eigenvalue weighted by Gasteiger charge is 2.29. The van der Waals surface area contributed by atoms with E-state index >= 15 is 0 Å². The van der Waals surface area contributed by atoms with E-state index in [1.807, 2.05) is 6.07 Å². The molecule has 0 saturated heterocycles. The van der Waals surface area contributed by atoms with Gasteiger partial charge in [-0.2, -0.15) is 18.3 Å². The highest BCUT2D eigenvalue weighted by Crippen LogP contribution is 2.30. The van der Waals surface area contributed by atoms with E-state index in [4.69, 9.17) is 4.74 Å². The Labute approximate surface area is 213 Å². The molecule has 202 valence electrons. The minimum atomic E-state index is -4.38. The number of nitrogens with zero attached hydrogens (tertiary/aromatic N) is 5. The van der Waals surface area contributed by atoms with Gasteiger partial charge in [0.15, 0.2) is 13.4 Å². The van der Waals surface area contributed by atoms with Crippen LogP contribution in [0.25, 0.3) is 0 Å². The third kappa shape index (κ3) is 8.62. The van der Waals surface area contributed by atoms with Crippen LogP contribution in [0.5, 0.6) is 5.88 Å². The number of halogens is 4. The van der Waals surface area contributed by atoms with Crippen LogP contribution in [0.1, 0.15) is 48.9 Å². The molecule has 2 aliphatic rings. The van der Waals surface area contributed by atoms with E-state index in [2.05, 4.69) is 20.0 Å². The second-order valence-electron chi connectivity index (χ2n) is 9.93. The summed E-state index contributed by atoms with van der Waals surface area (Å²) in [4.78, 5) is 22.9. The number of ether oxygens (including phenoxy) is 1. The first-order chi connectivity index (χ1) is 17.8. The molecule has 0 spiro atoms. The van der Waals surface area contributed by atoms with Crippen LogP contribution in [0.15, 0.2) is 29.5 Å². The van der Waals surface area contributed by atoms with E-state index in [-0.39, 0.29) is 18.2 Å². The molecule has 1 aliphatic carbocycles. The predicted octanol–water partition coefficient (Wildman–Crippen LogP) is 4.58. The van der Waals surface area contributed by atoms with Crippen LogP contribution >= 0.6 is 0 Å². The maximum absolute atomic E-state index is 12.5. The van der Waals surface area contributed by atoms with Crippen LogP contribution in [0, 0.1) is 11.8 Å². The molecule has 37 heavy (non-hydrogen) atoms. The van der Waals surface area contributed by atoms with E-state index in [0.29, 0.717) is 23.8 Å². The summed E-state index contributed by atoms with van der Waals surface area (Å²) in [6.07, 6.45) is 7.39. The Hall–Kier alpha value is -2.82. The van der Waals surface area contributed by atoms with Crippen LogP contribution in [-0.2, 0) is 30.9 Å². The molecule has 0 unspecified atom stereocenters. The molecular formula is C26H33F4N5O2. The number of aromatic nitrogens is 3. The second kappa shape index (κ2) is 12.6. The lowest BCUT2D eigenvalue weighted by molar-refractivity contribution is -0.154. The fourth-order valence-electron chi connectivity index (χ4n) is 5.03. The Morgan fingerprint density at radius 3 is 2.68 bits per heavy atom. The first-order valence-electron chi connectivity index (χ1n) is 12.8. The van der Waals surface area contributed by atoms with Gasteiger partial charge in [0, 0.05) is 43.7 Å². The molecule has 2 aromatic heterocycles. The molecule has 0 atom stereocenters. The molecule has 11 heteroatoms. The summed E-state index contributed by atoms with van der Waals surface area (Å²) in [5.74, 6) is 0.731. The van der Waals surface area contributed by atoms with Gasteiger partial charge in [-0.15, -0.1) is 0 Å². The van der Waals surface area contributed by atoms with Crippen LogP contribution in [0.4, 0.5) is 17.6 Å². The van der Waals surface area contributed by atoms with Crippen molar-refractivity contribution in [1.82, 2.24) is 19.7 Å². The van der Waals surface area contributed by atoms with E-state index in [1.54, 1.807) is 6.21 Å². The summed E-state index contributed by atoms with van der Waals surface area (Å²) in [5, 5.41) is 3.82. The lowest BCUT2D eigenvalue weighted by Gasteiger charge is -2.28. The summed E-state index contributed by atoms with van der Waals surface area (Å²) in [5.41, 5.74) is 2.56. The third-order valence-electron chi connectivity index (χ3n) is 7.13. The number of hydrogen-bond acceptors (Lipinski definition) is 5. The number of amides is 1. The summed E-state index contributed by atoms with van der Waals surface area (Å²) in [6, 6.07) is 3.36. The van der Waals surface area contributed by atoms with Crippen molar-refractivity contribution in [2.45, 2.75) is 64.3 Å². The summed E-state index contributed by atoms with van der Waals surface area (Å²) < 4.78 is 55.8. The first-order valence-corrected chi connectivity index (χ1v) is 12.8. The molecule has 3 heterocycles. The molecule has 0 N–H and O–H groups in total. The zero-order valence-electron chi connectivity index (χ0n) is 20.8. The molecule has 7 nitrogen and oxygen atoms in total. The quantitative estimate of drug-likeness (QED) is 0.355. The largest absolute Gasteiger partial charge is 0.468 e. The highest BCUT2D eigenvalue weighted by molar-refractivity contribution is 5.87. The summed E-state index contributed by atoms with van der Waals surface area (Å²) >= 11 is 0. The van der Waals surface area contributed by atoms with Crippen molar-refractivity contribution in [3.63, 3.8) is 0 Å². The van der Waals surface area contributed by atoms with Crippen LogP contribution < -0.4 is 4.74 Å². The van der Waals surface area contributed by atoms with Crippen LogP contribution in [-0.4, -0.2) is 64.2 Å². The van der Waals surface area contributed by atoms with E-state index in [1.165, 1.54) is 18.5 Å². The molecule has 1 amide bonds. The monoisotopic (exact) mass is 523 g/mol. The average molecular weight is 524 g/mol. The molecule has 1 fully saturated rings. The molecule has 2 aromatic rings. The maximum atomic E-state index is 12.5. The van der Waals surface area contributed by atoms with Gasteiger partial charge >= 0.3 is 6.18 Å². The molecule has 0 aromatic carbocycles. The molecule has 4 rings (SSSR count). The van der Waals surface area contributed by atoms with Crippen LogP contribution in [0.2, 0.25) is 0 Å². The van der Waals surface area contributed by atoms with E-state index in [0.717, 1.165) is 74.1 Å². The Morgan fingerprint density at radius 2 is 1.95 bits per heavy atom. The number of fused-ring (bicyclic) bond motifs is 1. The number of aliphatic imine (C=N–C) groups is 1. The van der Waals surface area contributed by atoms with Crippen LogP contribution in [0.3, 0.4) is 0 Å². The van der Waals surface area contributed by atoms with Crippen molar-refractivity contribution in [2.24, 2.45) is 16.8 Å². The van der Waals surface area contributed by atoms with Gasteiger partial charge in [-0.05, 0) is 68.0 Å². The van der Waals surface area contributed by atoms with Gasteiger partial charge in [0.05, 0.1) is 12.6 Å². The molecular weight excluding hydrogens is 490 g/mol. The highest BCUT2D eigenvalue weighted by atomic mass is 19.4. The van der Waals surface area contributed by atoms with Gasteiger partial charge in [0.25, 0.3) is 0 Å². The number of carbonyl (C=O) groups excluding carboxylic acids is 1. The van der Waals surface area contributed by atoms with Gasteiger partial charge in [0.1, 0.15) is 0 Å². The molecule has 1 saturated carbocycles. The van der Waals surface area contributed by atoms with Crippen molar-refractivity contribution in [3.05, 3.63) is 41.3 Å². The number of alkyl halides is 4. The van der Waals surface area contributed by atoms with Gasteiger partial charge in [-0.3, -0.25) is 4.79 Å². The SMILES string of the molecule is O=C(Cc1cnn(CF)c1)N=CC1CCC(CCN2CCc3ccc(OCC(F)(F)F)nc3CC2)CC1. The predicted molar refractivity (Wildman–Crippen MR) is 130 cm³/mol. The smallest absolute Gasteiger partial charge is 0.422 e. The number of carbonyl (C=O) groups is 1. The normalized spacial score (nSPS) is 21.1. The number of pyridine rings is 1. The molecule has 1 aliphatic heterocycles. The fraction of sp³-hybridized carbons (Fsp3) is 0.615. The standard InChI is InChI=1S/C26H33F4N5O2/c27-18-35-16-21(15-32-35)13-24(36)31-14-20-3-1-19(2-4-20)7-10-34-11-8-22-5-6-25(33-23(22)9-12-34)37-17-26(28,29)30/h5-6,14-16,19-20H,1-4,7-13,17-18H2. The van der Waals surface area contributed by atoms with Crippen molar-refractivity contribution < 1.29 is 27.1 Å². The van der Waals surface area contributed by atoms with E-state index in [9.17, 15) is 22.4 Å². The molecule has 0 bridgehead atoms. The fourth-order valence-corrected chi connectivity index (χ4v) is 5.03. The Bertz CT molecular complexity index is 1060. The summed E-state index contributed by atoms with van der Waals surface area (Å²) in [7, 11) is 0. The van der Waals surface area contributed by atoms with Gasteiger partial charge < -0.3 is 9.64 Å². The Balaban J connectivity index is 1.15. The van der Waals surface area contributed by atoms with Crippen molar-refractivity contribution in [2.75, 3.05) is 26.2 Å². The lowest BCUT2D eigenvalue weighted by Crippen LogP contribution is -2.29. The third-order valence-corrected chi connectivity index (χ3v) is 7.13. The molecule has 0 radical (unpaired) electrons. The van der Waals surface area contributed by atoms with Gasteiger partial charge in [-0.25, -0.2) is 19.0 Å². The second-order valence-corrected chi connectivity index (χ2v) is 9.93. The Morgan fingerprint density at radius 1 is 1.16 bits per heavy atom. The number of rotatable bonds is 9.